The Hall–Kier alpha value is -0.660. The molecule has 0 amide bonds. The van der Waals surface area contributed by atoms with Crippen LogP contribution in [0, 0.1) is 0 Å². The summed E-state index contributed by atoms with van der Waals surface area (Å²) in [7, 11) is 0. The van der Waals surface area contributed by atoms with Gasteiger partial charge in [-0.25, -0.2) is 4.89 Å². The summed E-state index contributed by atoms with van der Waals surface area (Å²) in [5, 5.41) is 25.1. The van der Waals surface area contributed by atoms with Crippen LogP contribution in [-0.4, -0.2) is 85.5 Å². The van der Waals surface area contributed by atoms with Gasteiger partial charge in [-0.15, -0.1) is 0 Å². The average Bonchev–Trinajstić information content (AvgIpc) is 3.47. The molecule has 0 aromatic heterocycles. The Labute approximate surface area is 194 Å². The molecule has 0 aromatic carbocycles. The average molecular weight is 472 g/mol. The predicted octanol–water partition coefficient (Wildman–Crippen LogP) is 3.30. The second-order valence-electron chi connectivity index (χ2n) is 7.41. The Balaban J connectivity index is -0.000000414. The number of aliphatic hydroxyl groups excluding tert-OH is 2. The highest BCUT2D eigenvalue weighted by molar-refractivity contribution is 4.84. The fourth-order valence-electron chi connectivity index (χ4n) is 2.13. The van der Waals surface area contributed by atoms with Gasteiger partial charge in [0, 0.05) is 39.3 Å². The van der Waals surface area contributed by atoms with Crippen LogP contribution < -0.4 is 6.15 Å². The quantitative estimate of drug-likeness (QED) is 0.0975. The van der Waals surface area contributed by atoms with E-state index < -0.39 is 5.60 Å². The number of hydrogen-bond donors (Lipinski definition) is 4. The van der Waals surface area contributed by atoms with E-state index in [4.69, 9.17) is 39.2 Å². The zero-order valence-corrected chi connectivity index (χ0v) is 21.1. The standard InChI is InChI=1S/C9H18O4.C9H18O3.C4H10O2.H3N/c1-3-11-9(12-4-2)5-7-8(6-10)13-7;1-3-11-9(12-4-2)7-5-6-8-10;1-4(2,3)6-5;/h7-10H,3-6H2,1-2H3;5-6,9-10H,3-4,7-8H2,1-2H3;5H,1-3H3;1H3/b;6-5+;;/t7-,8?;;;/m0.../s1. The van der Waals surface area contributed by atoms with Crippen molar-refractivity contribution < 1.29 is 44.0 Å². The Bertz CT molecular complexity index is 393. The van der Waals surface area contributed by atoms with Gasteiger partial charge < -0.3 is 40.0 Å². The minimum Gasteiger partial charge on any atom is -0.394 e. The van der Waals surface area contributed by atoms with E-state index >= 15 is 0 Å². The molecule has 10 nitrogen and oxygen atoms in total. The number of aliphatic hydroxyl groups is 2. The molecular formula is C22H49NO9. The van der Waals surface area contributed by atoms with Gasteiger partial charge in [0.25, 0.3) is 0 Å². The minimum atomic E-state index is -0.403. The van der Waals surface area contributed by atoms with Crippen molar-refractivity contribution in [2.75, 3.05) is 39.6 Å². The van der Waals surface area contributed by atoms with Gasteiger partial charge >= 0.3 is 0 Å². The van der Waals surface area contributed by atoms with E-state index in [0.29, 0.717) is 39.3 Å². The van der Waals surface area contributed by atoms with E-state index in [0.717, 1.165) is 0 Å². The first-order chi connectivity index (χ1) is 14.7. The molecule has 1 fully saturated rings. The lowest BCUT2D eigenvalue weighted by atomic mass is 10.2. The second-order valence-corrected chi connectivity index (χ2v) is 7.41. The van der Waals surface area contributed by atoms with E-state index in [9.17, 15) is 0 Å². The summed E-state index contributed by atoms with van der Waals surface area (Å²) in [6, 6.07) is 0. The van der Waals surface area contributed by atoms with Crippen molar-refractivity contribution in [1.82, 2.24) is 6.15 Å². The van der Waals surface area contributed by atoms with Crippen LogP contribution in [0.5, 0.6) is 0 Å². The summed E-state index contributed by atoms with van der Waals surface area (Å²) in [5.74, 6) is 0. The molecule has 0 saturated carbocycles. The van der Waals surface area contributed by atoms with Crippen molar-refractivity contribution in [3.05, 3.63) is 12.2 Å². The highest BCUT2D eigenvalue weighted by Gasteiger charge is 2.40. The van der Waals surface area contributed by atoms with Gasteiger partial charge in [-0.05, 0) is 48.5 Å². The molecule has 1 saturated heterocycles. The molecule has 6 N–H and O–H groups in total. The molecule has 32 heavy (non-hydrogen) atoms. The Morgan fingerprint density at radius 1 is 0.812 bits per heavy atom. The maximum absolute atomic E-state index is 8.74. The van der Waals surface area contributed by atoms with Crippen LogP contribution in [0.1, 0.15) is 61.3 Å². The summed E-state index contributed by atoms with van der Waals surface area (Å²) in [6.45, 7) is 15.8. The minimum absolute atomic E-state index is 0. The summed E-state index contributed by atoms with van der Waals surface area (Å²) in [5.41, 5.74) is -0.403. The lowest BCUT2D eigenvalue weighted by Gasteiger charge is -2.15. The largest absolute Gasteiger partial charge is 0.394 e. The van der Waals surface area contributed by atoms with Crippen molar-refractivity contribution in [3.63, 3.8) is 0 Å². The van der Waals surface area contributed by atoms with Crippen molar-refractivity contribution in [2.45, 2.75) is 91.7 Å². The van der Waals surface area contributed by atoms with Gasteiger partial charge in [-0.3, -0.25) is 5.26 Å². The number of rotatable bonds is 14. The Kier molecular flexibility index (Phi) is 26.4. The zero-order chi connectivity index (χ0) is 24.1. The summed E-state index contributed by atoms with van der Waals surface area (Å²) in [6.07, 6.45) is 4.73. The van der Waals surface area contributed by atoms with E-state index in [1.54, 1.807) is 26.8 Å². The van der Waals surface area contributed by atoms with E-state index in [-0.39, 0.29) is 44.2 Å². The molecule has 1 unspecified atom stereocenters. The van der Waals surface area contributed by atoms with Crippen LogP contribution in [-0.2, 0) is 28.6 Å². The molecule has 1 heterocycles. The first-order valence-electron chi connectivity index (χ1n) is 11.0. The lowest BCUT2D eigenvalue weighted by Crippen LogP contribution is -2.20. The number of epoxide rings is 1. The van der Waals surface area contributed by atoms with Crippen LogP contribution in [0.15, 0.2) is 12.2 Å². The fourth-order valence-corrected chi connectivity index (χ4v) is 2.13. The Morgan fingerprint density at radius 2 is 1.25 bits per heavy atom. The molecule has 1 aliphatic rings. The molecule has 1 rings (SSSR count). The van der Waals surface area contributed by atoms with Gasteiger partial charge in [0.2, 0.25) is 0 Å². The van der Waals surface area contributed by atoms with Crippen LogP contribution in [0.3, 0.4) is 0 Å². The number of ether oxygens (including phenoxy) is 5. The first kappa shape index (κ1) is 35.9. The Morgan fingerprint density at radius 3 is 1.56 bits per heavy atom. The van der Waals surface area contributed by atoms with Gasteiger partial charge in [0.1, 0.15) is 6.10 Å². The van der Waals surface area contributed by atoms with Gasteiger partial charge in [0.05, 0.1) is 24.9 Å². The molecule has 0 bridgehead atoms. The van der Waals surface area contributed by atoms with Gasteiger partial charge in [-0.1, -0.05) is 12.2 Å². The van der Waals surface area contributed by atoms with Crippen LogP contribution in [0.25, 0.3) is 0 Å². The molecule has 0 aromatic rings. The van der Waals surface area contributed by atoms with E-state index in [1.165, 1.54) is 0 Å². The van der Waals surface area contributed by atoms with Crippen LogP contribution in [0.2, 0.25) is 0 Å². The molecular weight excluding hydrogens is 422 g/mol. The lowest BCUT2D eigenvalue weighted by molar-refractivity contribution is -0.306. The topological polar surface area (TPSA) is 154 Å². The molecule has 196 valence electrons. The monoisotopic (exact) mass is 471 g/mol. The molecule has 1 aliphatic heterocycles. The van der Waals surface area contributed by atoms with E-state index in [2.05, 4.69) is 4.89 Å². The molecule has 10 heteroatoms. The number of hydrogen-bond acceptors (Lipinski definition) is 10. The summed E-state index contributed by atoms with van der Waals surface area (Å²) >= 11 is 0. The van der Waals surface area contributed by atoms with Gasteiger partial charge in [0.15, 0.2) is 12.6 Å². The molecule has 0 aliphatic carbocycles. The third-order valence-electron chi connectivity index (χ3n) is 3.58. The van der Waals surface area contributed by atoms with Crippen molar-refractivity contribution in [1.29, 1.82) is 0 Å². The molecule has 2 atom stereocenters. The molecule has 0 radical (unpaired) electrons. The SMILES string of the molecule is CC(C)(C)OO.CCOC(C/C=C/CO)OCC.CCOC(C[C@@H]1OC1CO)OCC.N. The van der Waals surface area contributed by atoms with Gasteiger partial charge in [-0.2, -0.15) is 0 Å². The first-order valence-corrected chi connectivity index (χ1v) is 11.0. The normalized spacial score (nSPS) is 17.5. The van der Waals surface area contributed by atoms with Crippen molar-refractivity contribution in [2.24, 2.45) is 0 Å². The highest BCUT2D eigenvalue weighted by atomic mass is 17.1. The fraction of sp³-hybridized carbons (Fsp3) is 0.909. The van der Waals surface area contributed by atoms with Crippen molar-refractivity contribution in [3.8, 4) is 0 Å². The predicted molar refractivity (Wildman–Crippen MR) is 124 cm³/mol. The summed E-state index contributed by atoms with van der Waals surface area (Å²) < 4.78 is 26.4. The highest BCUT2D eigenvalue weighted by Crippen LogP contribution is 2.27. The third kappa shape index (κ3) is 24.0. The van der Waals surface area contributed by atoms with E-state index in [1.807, 2.05) is 33.8 Å². The summed E-state index contributed by atoms with van der Waals surface area (Å²) in [4.78, 5) is 3.94. The second kappa shape index (κ2) is 23.5. The van der Waals surface area contributed by atoms with Crippen LogP contribution in [0.4, 0.5) is 0 Å². The zero-order valence-electron chi connectivity index (χ0n) is 21.1. The van der Waals surface area contributed by atoms with Crippen molar-refractivity contribution >= 4 is 0 Å². The smallest absolute Gasteiger partial charge is 0.160 e. The maximum Gasteiger partial charge on any atom is 0.160 e. The molecule has 0 spiro atoms. The third-order valence-corrected chi connectivity index (χ3v) is 3.58. The van der Waals surface area contributed by atoms with Crippen LogP contribution >= 0.6 is 0 Å². The maximum atomic E-state index is 8.74.